The number of rotatable bonds is 5. The van der Waals surface area contributed by atoms with Crippen LogP contribution in [0.4, 0.5) is 23.5 Å². The van der Waals surface area contributed by atoms with Gasteiger partial charge in [0.15, 0.2) is 0 Å². The van der Waals surface area contributed by atoms with Crippen LogP contribution in [-0.2, 0) is 25.7 Å². The Hall–Kier alpha value is -3.43. The standard InChI is InChI=1S/C21H18F4N4O2/c1-2-29-19(30)14(12-3-6-18(26-9-12)21(23,24)25)10-27-20(29)28-11-15-13-7-8-31-17(13)5-4-16(15)22/h3-6,9-10H,2,7-8,11H2,1H3,(H,27,28). The van der Waals surface area contributed by atoms with Gasteiger partial charge in [0.25, 0.3) is 5.56 Å². The SMILES string of the molecule is CCn1c(NCc2c(F)ccc3c2CCO3)ncc(-c2ccc(C(F)(F)F)nc2)c1=O. The summed E-state index contributed by atoms with van der Waals surface area (Å²) >= 11 is 0. The van der Waals surface area contributed by atoms with Crippen LogP contribution >= 0.6 is 0 Å². The minimum atomic E-state index is -4.56. The van der Waals surface area contributed by atoms with Crippen molar-refractivity contribution in [2.45, 2.75) is 32.6 Å². The van der Waals surface area contributed by atoms with Crippen molar-refractivity contribution in [3.8, 4) is 16.9 Å². The van der Waals surface area contributed by atoms with E-state index < -0.39 is 17.4 Å². The smallest absolute Gasteiger partial charge is 0.433 e. The highest BCUT2D eigenvalue weighted by molar-refractivity contribution is 5.61. The minimum Gasteiger partial charge on any atom is -0.493 e. The quantitative estimate of drug-likeness (QED) is 0.614. The lowest BCUT2D eigenvalue weighted by Crippen LogP contribution is -2.25. The Morgan fingerprint density at radius 2 is 1.97 bits per heavy atom. The van der Waals surface area contributed by atoms with Crippen molar-refractivity contribution < 1.29 is 22.3 Å². The molecule has 2 aromatic heterocycles. The molecule has 0 saturated carbocycles. The normalized spacial score (nSPS) is 13.1. The van der Waals surface area contributed by atoms with Gasteiger partial charge in [-0.3, -0.25) is 14.3 Å². The Morgan fingerprint density at radius 1 is 1.16 bits per heavy atom. The Morgan fingerprint density at radius 3 is 2.65 bits per heavy atom. The van der Waals surface area contributed by atoms with E-state index >= 15 is 0 Å². The third-order valence-corrected chi connectivity index (χ3v) is 5.09. The van der Waals surface area contributed by atoms with E-state index in [9.17, 15) is 22.4 Å². The summed E-state index contributed by atoms with van der Waals surface area (Å²) in [5.74, 6) is 0.492. The van der Waals surface area contributed by atoms with E-state index in [2.05, 4.69) is 15.3 Å². The summed E-state index contributed by atoms with van der Waals surface area (Å²) in [5.41, 5.74) is 0.0914. The second-order valence-electron chi connectivity index (χ2n) is 6.93. The molecule has 10 heteroatoms. The van der Waals surface area contributed by atoms with E-state index in [1.807, 2.05) is 0 Å². The molecule has 3 aromatic rings. The molecule has 0 radical (unpaired) electrons. The minimum absolute atomic E-state index is 0.103. The second kappa shape index (κ2) is 8.01. The Kier molecular flexibility index (Phi) is 5.38. The summed E-state index contributed by atoms with van der Waals surface area (Å²) in [7, 11) is 0. The van der Waals surface area contributed by atoms with Crippen molar-refractivity contribution in [1.29, 1.82) is 0 Å². The summed E-state index contributed by atoms with van der Waals surface area (Å²) in [5, 5.41) is 2.99. The first-order valence-electron chi connectivity index (χ1n) is 9.60. The predicted molar refractivity (Wildman–Crippen MR) is 105 cm³/mol. The number of ether oxygens (including phenoxy) is 1. The number of aromatic nitrogens is 3. The summed E-state index contributed by atoms with van der Waals surface area (Å²) in [6, 6.07) is 4.93. The van der Waals surface area contributed by atoms with Crippen LogP contribution in [0.2, 0.25) is 0 Å². The average molecular weight is 434 g/mol. The van der Waals surface area contributed by atoms with Gasteiger partial charge in [-0.25, -0.2) is 9.37 Å². The van der Waals surface area contributed by atoms with Crippen molar-refractivity contribution in [1.82, 2.24) is 14.5 Å². The molecule has 3 heterocycles. The lowest BCUT2D eigenvalue weighted by atomic mass is 10.0. The molecule has 1 aromatic carbocycles. The van der Waals surface area contributed by atoms with Crippen LogP contribution in [0.1, 0.15) is 23.7 Å². The zero-order valence-corrected chi connectivity index (χ0v) is 16.5. The maximum absolute atomic E-state index is 14.3. The molecule has 0 fully saturated rings. The molecular weight excluding hydrogens is 416 g/mol. The Balaban J connectivity index is 1.62. The summed E-state index contributed by atoms with van der Waals surface area (Å²) in [4.78, 5) is 20.5. The molecule has 0 atom stereocenters. The largest absolute Gasteiger partial charge is 0.493 e. The van der Waals surface area contributed by atoms with Gasteiger partial charge in [0, 0.05) is 48.6 Å². The van der Waals surface area contributed by atoms with E-state index in [4.69, 9.17) is 4.74 Å². The highest BCUT2D eigenvalue weighted by atomic mass is 19.4. The number of nitrogens with one attached hydrogen (secondary N) is 1. The van der Waals surface area contributed by atoms with Gasteiger partial charge >= 0.3 is 6.18 Å². The molecule has 0 saturated heterocycles. The van der Waals surface area contributed by atoms with Crippen molar-refractivity contribution in [3.05, 3.63) is 69.7 Å². The van der Waals surface area contributed by atoms with Crippen LogP contribution < -0.4 is 15.6 Å². The van der Waals surface area contributed by atoms with Crippen LogP contribution in [-0.4, -0.2) is 21.1 Å². The fourth-order valence-corrected chi connectivity index (χ4v) is 3.52. The number of pyridine rings is 1. The number of alkyl halides is 3. The average Bonchev–Trinajstić information content (AvgIpc) is 3.21. The number of fused-ring (bicyclic) bond motifs is 1. The van der Waals surface area contributed by atoms with Gasteiger partial charge in [0.2, 0.25) is 5.95 Å². The highest BCUT2D eigenvalue weighted by Crippen LogP contribution is 2.31. The fraction of sp³-hybridized carbons (Fsp3) is 0.286. The van der Waals surface area contributed by atoms with Gasteiger partial charge in [0.1, 0.15) is 17.3 Å². The molecule has 6 nitrogen and oxygen atoms in total. The summed E-state index contributed by atoms with van der Waals surface area (Å²) in [6.07, 6.45) is -1.70. The number of halogens is 4. The molecule has 0 amide bonds. The number of hydrogen-bond donors (Lipinski definition) is 1. The first kappa shape index (κ1) is 20.8. The van der Waals surface area contributed by atoms with Gasteiger partial charge in [-0.05, 0) is 25.1 Å². The molecule has 1 N–H and O–H groups in total. The molecule has 4 rings (SSSR count). The Labute approximate surface area is 174 Å². The fourth-order valence-electron chi connectivity index (χ4n) is 3.52. The number of benzene rings is 1. The van der Waals surface area contributed by atoms with Crippen molar-refractivity contribution in [3.63, 3.8) is 0 Å². The molecule has 31 heavy (non-hydrogen) atoms. The monoisotopic (exact) mass is 434 g/mol. The van der Waals surface area contributed by atoms with E-state index in [1.165, 1.54) is 22.9 Å². The van der Waals surface area contributed by atoms with E-state index in [1.54, 1.807) is 13.0 Å². The van der Waals surface area contributed by atoms with Crippen LogP contribution in [0.3, 0.4) is 0 Å². The third kappa shape index (κ3) is 3.97. The first-order chi connectivity index (χ1) is 14.8. The molecule has 1 aliphatic heterocycles. The van der Waals surface area contributed by atoms with Crippen molar-refractivity contribution >= 4 is 5.95 Å². The predicted octanol–water partition coefficient (Wildman–Crippen LogP) is 4.03. The zero-order chi connectivity index (χ0) is 22.2. The molecule has 0 spiro atoms. The van der Waals surface area contributed by atoms with Crippen molar-refractivity contribution in [2.75, 3.05) is 11.9 Å². The lowest BCUT2D eigenvalue weighted by molar-refractivity contribution is -0.141. The second-order valence-corrected chi connectivity index (χ2v) is 6.93. The van der Waals surface area contributed by atoms with Crippen LogP contribution in [0.5, 0.6) is 5.75 Å². The third-order valence-electron chi connectivity index (χ3n) is 5.09. The summed E-state index contributed by atoms with van der Waals surface area (Å²) < 4.78 is 59.3. The van der Waals surface area contributed by atoms with Crippen LogP contribution in [0, 0.1) is 5.82 Å². The highest BCUT2D eigenvalue weighted by Gasteiger charge is 2.32. The van der Waals surface area contributed by atoms with Gasteiger partial charge in [-0.2, -0.15) is 13.2 Å². The number of hydrogen-bond acceptors (Lipinski definition) is 5. The molecule has 162 valence electrons. The molecule has 0 aliphatic carbocycles. The number of anilines is 1. The van der Waals surface area contributed by atoms with Crippen LogP contribution in [0.25, 0.3) is 11.1 Å². The maximum Gasteiger partial charge on any atom is 0.433 e. The van der Waals surface area contributed by atoms with E-state index in [0.717, 1.165) is 17.8 Å². The molecule has 0 unspecified atom stereocenters. The zero-order valence-electron chi connectivity index (χ0n) is 16.5. The summed E-state index contributed by atoms with van der Waals surface area (Å²) in [6.45, 7) is 2.58. The maximum atomic E-state index is 14.3. The van der Waals surface area contributed by atoms with Gasteiger partial charge in [0.05, 0.1) is 12.2 Å². The van der Waals surface area contributed by atoms with Crippen LogP contribution in [0.15, 0.2) is 41.5 Å². The number of nitrogens with zero attached hydrogens (tertiary/aromatic N) is 3. The van der Waals surface area contributed by atoms with E-state index in [0.29, 0.717) is 24.3 Å². The van der Waals surface area contributed by atoms with Gasteiger partial charge in [-0.1, -0.05) is 6.07 Å². The molecular formula is C21H18F4N4O2. The lowest BCUT2D eigenvalue weighted by Gasteiger charge is -2.15. The van der Waals surface area contributed by atoms with Crippen molar-refractivity contribution in [2.24, 2.45) is 0 Å². The molecule has 0 bridgehead atoms. The van der Waals surface area contributed by atoms with Gasteiger partial charge in [-0.15, -0.1) is 0 Å². The topological polar surface area (TPSA) is 69.0 Å². The molecule has 1 aliphatic rings. The first-order valence-corrected chi connectivity index (χ1v) is 9.60. The van der Waals surface area contributed by atoms with Gasteiger partial charge < -0.3 is 10.1 Å². The Bertz CT molecular complexity index is 1170. The van der Waals surface area contributed by atoms with E-state index in [-0.39, 0.29) is 36.0 Å².